The lowest BCUT2D eigenvalue weighted by atomic mass is 10.1. The third kappa shape index (κ3) is 3.55. The summed E-state index contributed by atoms with van der Waals surface area (Å²) in [4.78, 5) is 28.5. The maximum atomic E-state index is 12.1. The second-order valence-corrected chi connectivity index (χ2v) is 8.17. The number of benzene rings is 2. The third-order valence-electron chi connectivity index (χ3n) is 4.24. The van der Waals surface area contributed by atoms with Crippen LogP contribution in [0.2, 0.25) is 5.02 Å². The number of rotatable bonds is 3. The van der Waals surface area contributed by atoms with Crippen LogP contribution in [0.4, 0.5) is 6.01 Å². The number of aromatic nitrogens is 1. The number of anilines is 1. The molecule has 1 unspecified atom stereocenters. The van der Waals surface area contributed by atoms with E-state index in [0.717, 1.165) is 0 Å². The van der Waals surface area contributed by atoms with E-state index >= 15 is 0 Å². The highest BCUT2D eigenvalue weighted by molar-refractivity contribution is 7.56. The lowest BCUT2D eigenvalue weighted by Crippen LogP contribution is -2.34. The molecule has 1 atom stereocenters. The van der Waals surface area contributed by atoms with Gasteiger partial charge < -0.3 is 19.5 Å². The van der Waals surface area contributed by atoms with E-state index in [2.05, 4.69) is 20.6 Å². The van der Waals surface area contributed by atoms with Crippen molar-refractivity contribution in [2.24, 2.45) is 4.99 Å². The third-order valence-corrected chi connectivity index (χ3v) is 5.79. The van der Waals surface area contributed by atoms with E-state index < -0.39 is 13.6 Å². The summed E-state index contributed by atoms with van der Waals surface area (Å²) in [5.41, 5.74) is 2.05. The number of hydrogen-bond donors (Lipinski definition) is 4. The quantitative estimate of drug-likeness (QED) is 0.474. The number of para-hydroxylation sites is 2. The van der Waals surface area contributed by atoms with Gasteiger partial charge >= 0.3 is 13.6 Å². The van der Waals surface area contributed by atoms with Crippen LogP contribution in [0.3, 0.4) is 0 Å². The van der Waals surface area contributed by atoms with Crippen LogP contribution in [-0.2, 0) is 4.57 Å². The molecule has 0 radical (unpaired) electrons. The standard InChI is InChI=1S/C18H16ClN4O4P/c1-10-16(28(24,25)26)15(11-6-2-3-7-12(11)19)22-17(20-10)23-18-21-13-8-4-5-9-14(13)27-18/h2-9,15H,1H3,(H2,24,25,26)(H2,20,21,22,23). The van der Waals surface area contributed by atoms with Crippen molar-refractivity contribution >= 4 is 42.3 Å². The van der Waals surface area contributed by atoms with E-state index in [1.807, 2.05) is 18.2 Å². The van der Waals surface area contributed by atoms with E-state index in [9.17, 15) is 14.4 Å². The van der Waals surface area contributed by atoms with Crippen molar-refractivity contribution in [2.75, 3.05) is 5.32 Å². The SMILES string of the molecule is CC1=C(P(=O)(O)O)C(c2ccccc2Cl)N=C(Nc2nc3ccccc3o2)N1. The second-order valence-electron chi connectivity index (χ2n) is 6.19. The van der Waals surface area contributed by atoms with Crippen molar-refractivity contribution in [3.63, 3.8) is 0 Å². The summed E-state index contributed by atoms with van der Waals surface area (Å²) in [6.45, 7) is 1.57. The summed E-state index contributed by atoms with van der Waals surface area (Å²) in [7, 11) is -4.59. The van der Waals surface area contributed by atoms with Gasteiger partial charge in [-0.05, 0) is 25.1 Å². The molecular formula is C18H16ClN4O4P. The molecule has 0 spiro atoms. The van der Waals surface area contributed by atoms with Gasteiger partial charge in [0, 0.05) is 16.3 Å². The van der Waals surface area contributed by atoms with Crippen molar-refractivity contribution in [3.05, 3.63) is 70.1 Å². The molecule has 28 heavy (non-hydrogen) atoms. The highest BCUT2D eigenvalue weighted by atomic mass is 35.5. The molecule has 1 aromatic heterocycles. The maximum Gasteiger partial charge on any atom is 0.356 e. The van der Waals surface area contributed by atoms with Gasteiger partial charge in [-0.1, -0.05) is 41.9 Å². The van der Waals surface area contributed by atoms with Gasteiger partial charge in [-0.25, -0.2) is 4.99 Å². The zero-order valence-corrected chi connectivity index (χ0v) is 16.3. The molecule has 2 aromatic carbocycles. The van der Waals surface area contributed by atoms with Crippen LogP contribution in [0.5, 0.6) is 0 Å². The molecule has 0 fully saturated rings. The molecule has 8 nitrogen and oxygen atoms in total. The van der Waals surface area contributed by atoms with Gasteiger partial charge in [0.25, 0.3) is 0 Å². The van der Waals surface area contributed by atoms with E-state index in [4.69, 9.17) is 16.0 Å². The molecular weight excluding hydrogens is 403 g/mol. The highest BCUT2D eigenvalue weighted by Gasteiger charge is 2.36. The molecule has 1 aliphatic rings. The Bertz CT molecular complexity index is 1130. The number of oxazole rings is 1. The van der Waals surface area contributed by atoms with Crippen LogP contribution in [0, 0.1) is 0 Å². The second kappa shape index (κ2) is 7.07. The summed E-state index contributed by atoms with van der Waals surface area (Å²) < 4.78 is 17.7. The molecule has 0 aliphatic carbocycles. The molecule has 0 saturated heterocycles. The van der Waals surface area contributed by atoms with E-state index in [1.54, 1.807) is 37.3 Å². The molecule has 0 amide bonds. The molecule has 1 aliphatic heterocycles. The number of nitrogens with one attached hydrogen (secondary N) is 2. The Balaban J connectivity index is 1.75. The fourth-order valence-corrected chi connectivity index (χ4v) is 4.30. The average molecular weight is 419 g/mol. The van der Waals surface area contributed by atoms with Gasteiger partial charge in [0.2, 0.25) is 5.96 Å². The van der Waals surface area contributed by atoms with Crippen molar-refractivity contribution < 1.29 is 18.8 Å². The monoisotopic (exact) mass is 418 g/mol. The molecule has 3 aromatic rings. The molecule has 4 N–H and O–H groups in total. The minimum atomic E-state index is -4.59. The first-order valence-electron chi connectivity index (χ1n) is 8.31. The number of guanidine groups is 1. The number of allylic oxidation sites excluding steroid dienone is 1. The van der Waals surface area contributed by atoms with Crippen molar-refractivity contribution in [1.82, 2.24) is 10.3 Å². The fraction of sp³-hybridized carbons (Fsp3) is 0.111. The summed E-state index contributed by atoms with van der Waals surface area (Å²) in [5.74, 6) is 0.242. The van der Waals surface area contributed by atoms with E-state index in [0.29, 0.717) is 21.7 Å². The van der Waals surface area contributed by atoms with Crippen LogP contribution in [-0.4, -0.2) is 20.7 Å². The van der Waals surface area contributed by atoms with E-state index in [1.165, 1.54) is 0 Å². The minimum Gasteiger partial charge on any atom is -0.423 e. The Morgan fingerprint density at radius 1 is 1.18 bits per heavy atom. The molecule has 10 heteroatoms. The summed E-state index contributed by atoms with van der Waals surface area (Å²) in [6, 6.07) is 13.3. The Morgan fingerprint density at radius 3 is 2.61 bits per heavy atom. The Hall–Kier alpha value is -2.64. The largest absolute Gasteiger partial charge is 0.423 e. The van der Waals surface area contributed by atoms with Gasteiger partial charge in [-0.2, -0.15) is 4.98 Å². The van der Waals surface area contributed by atoms with Crippen molar-refractivity contribution in [1.29, 1.82) is 0 Å². The Kier molecular flexibility index (Phi) is 4.72. The smallest absolute Gasteiger partial charge is 0.356 e. The number of fused-ring (bicyclic) bond motifs is 1. The number of aliphatic imine (C=N–C) groups is 1. The number of halogens is 1. The summed E-state index contributed by atoms with van der Waals surface area (Å²) in [6.07, 6.45) is 0. The molecule has 144 valence electrons. The van der Waals surface area contributed by atoms with Gasteiger partial charge in [0.05, 0.1) is 5.31 Å². The highest BCUT2D eigenvalue weighted by Crippen LogP contribution is 2.55. The zero-order valence-electron chi connectivity index (χ0n) is 14.6. The van der Waals surface area contributed by atoms with Crippen molar-refractivity contribution in [2.45, 2.75) is 13.0 Å². The van der Waals surface area contributed by atoms with Gasteiger partial charge in [0.1, 0.15) is 11.6 Å². The lowest BCUT2D eigenvalue weighted by molar-refractivity contribution is 0.378. The van der Waals surface area contributed by atoms with Gasteiger partial charge in [-0.15, -0.1) is 0 Å². The van der Waals surface area contributed by atoms with Crippen LogP contribution >= 0.6 is 19.2 Å². The Labute approximate surface area is 165 Å². The zero-order chi connectivity index (χ0) is 19.9. The first-order chi connectivity index (χ1) is 13.3. The van der Waals surface area contributed by atoms with Gasteiger partial charge in [-0.3, -0.25) is 9.88 Å². The van der Waals surface area contributed by atoms with Crippen LogP contribution in [0.15, 0.2) is 69.0 Å². The molecule has 4 rings (SSSR count). The Morgan fingerprint density at radius 2 is 1.89 bits per heavy atom. The van der Waals surface area contributed by atoms with Crippen LogP contribution < -0.4 is 10.6 Å². The predicted molar refractivity (Wildman–Crippen MR) is 107 cm³/mol. The van der Waals surface area contributed by atoms with E-state index in [-0.39, 0.29) is 23.0 Å². The fourth-order valence-electron chi connectivity index (χ4n) is 3.05. The molecule has 2 heterocycles. The predicted octanol–water partition coefficient (Wildman–Crippen LogP) is 4.00. The maximum absolute atomic E-state index is 12.1. The van der Waals surface area contributed by atoms with Crippen LogP contribution in [0.1, 0.15) is 18.5 Å². The number of nitrogens with zero attached hydrogens (tertiary/aromatic N) is 2. The molecule has 0 bridgehead atoms. The van der Waals surface area contributed by atoms with Crippen molar-refractivity contribution in [3.8, 4) is 0 Å². The van der Waals surface area contributed by atoms with Gasteiger partial charge in [0.15, 0.2) is 5.58 Å². The average Bonchev–Trinajstić information content (AvgIpc) is 3.02. The summed E-state index contributed by atoms with van der Waals surface area (Å²) >= 11 is 6.27. The molecule has 0 saturated carbocycles. The minimum absolute atomic E-state index is 0.135. The normalized spacial score (nSPS) is 17.4. The van der Waals surface area contributed by atoms with Crippen LogP contribution in [0.25, 0.3) is 11.1 Å². The first-order valence-corrected chi connectivity index (χ1v) is 10.3. The number of hydrogen-bond acceptors (Lipinski definition) is 6. The topological polar surface area (TPSA) is 120 Å². The lowest BCUT2D eigenvalue weighted by Gasteiger charge is -2.27. The summed E-state index contributed by atoms with van der Waals surface area (Å²) in [5, 5.41) is 6.01. The first kappa shape index (κ1) is 18.7.